The lowest BCUT2D eigenvalue weighted by Gasteiger charge is -2.24. The maximum atomic E-state index is 11.9. The molecule has 0 atom stereocenters. The van der Waals surface area contributed by atoms with Crippen LogP contribution in [0.4, 0.5) is 0 Å². The highest BCUT2D eigenvalue weighted by Gasteiger charge is 2.29. The van der Waals surface area contributed by atoms with Gasteiger partial charge in [-0.3, -0.25) is 0 Å². The normalized spacial score (nSPS) is 11.9. The molecule has 0 spiro atoms. The molecule has 0 aliphatic carbocycles. The second kappa shape index (κ2) is 3.68. The summed E-state index contributed by atoms with van der Waals surface area (Å²) in [5.41, 5.74) is 2.12. The Balaban J connectivity index is 3.68. The first-order valence-corrected chi connectivity index (χ1v) is 8.12. The summed E-state index contributed by atoms with van der Waals surface area (Å²) in [7, 11) is -1.37. The van der Waals surface area contributed by atoms with Crippen LogP contribution in [0.1, 0.15) is 16.7 Å². The Hall–Kier alpha value is -0.750. The first-order valence-electron chi connectivity index (χ1n) is 4.99. The maximum Gasteiger partial charge on any atom is 0.161 e. The van der Waals surface area contributed by atoms with Gasteiger partial charge in [-0.1, -0.05) is 11.3 Å². The largest absolute Gasteiger partial charge is 0.872 e. The molecule has 0 aliphatic heterocycles. The van der Waals surface area contributed by atoms with Crippen molar-refractivity contribution in [3.8, 4) is 11.5 Å². The smallest absolute Gasteiger partial charge is 0.161 e. The summed E-state index contributed by atoms with van der Waals surface area (Å²) in [6.07, 6.45) is 0. The van der Waals surface area contributed by atoms with E-state index in [0.29, 0.717) is 11.3 Å². The predicted octanol–water partition coefficient (Wildman–Crippen LogP) is 1.92. The molecule has 0 bridgehead atoms. The third kappa shape index (κ3) is 1.96. The standard InChI is InChI=1S/C12H19O2P/c1-7-8(2)11(14)12(15(4,5)6)9(3)10(7)13/h1-6H3,(H-,13,14). The van der Waals surface area contributed by atoms with Crippen LogP contribution in [0.5, 0.6) is 11.5 Å². The molecule has 0 aliphatic rings. The molecule has 0 saturated heterocycles. The van der Waals surface area contributed by atoms with Crippen molar-refractivity contribution in [1.29, 1.82) is 0 Å². The zero-order chi connectivity index (χ0) is 12.0. The monoisotopic (exact) mass is 226 g/mol. The van der Waals surface area contributed by atoms with E-state index in [9.17, 15) is 10.2 Å². The van der Waals surface area contributed by atoms with Crippen molar-refractivity contribution in [2.75, 3.05) is 20.0 Å². The first-order chi connectivity index (χ1) is 6.68. The summed E-state index contributed by atoms with van der Waals surface area (Å²) in [4.78, 5) is 0. The minimum absolute atomic E-state index is 0.0789. The third-order valence-corrected chi connectivity index (χ3v) is 4.74. The Morgan fingerprint density at radius 1 is 0.933 bits per heavy atom. The van der Waals surface area contributed by atoms with E-state index >= 15 is 0 Å². The Morgan fingerprint density at radius 2 is 1.40 bits per heavy atom. The Morgan fingerprint density at radius 3 is 1.80 bits per heavy atom. The molecule has 1 N–H and O–H groups in total. The molecule has 0 radical (unpaired) electrons. The highest BCUT2D eigenvalue weighted by molar-refractivity contribution is 7.81. The zero-order valence-corrected chi connectivity index (χ0v) is 11.2. The van der Waals surface area contributed by atoms with Crippen molar-refractivity contribution in [3.63, 3.8) is 0 Å². The van der Waals surface area contributed by atoms with Gasteiger partial charge in [0, 0.05) is 7.26 Å². The fraction of sp³-hybridized carbons (Fsp3) is 0.500. The molecule has 1 rings (SSSR count). The summed E-state index contributed by atoms with van der Waals surface area (Å²) in [6.45, 7) is 11.7. The number of benzene rings is 1. The van der Waals surface area contributed by atoms with Crippen molar-refractivity contribution in [1.82, 2.24) is 0 Å². The number of rotatable bonds is 1. The molecule has 0 aromatic heterocycles. The van der Waals surface area contributed by atoms with Crippen molar-refractivity contribution >= 4 is 12.6 Å². The lowest BCUT2D eigenvalue weighted by molar-refractivity contribution is -0.270. The van der Waals surface area contributed by atoms with Crippen molar-refractivity contribution in [2.45, 2.75) is 20.8 Å². The van der Waals surface area contributed by atoms with Crippen molar-refractivity contribution < 1.29 is 10.2 Å². The van der Waals surface area contributed by atoms with Gasteiger partial charge in [0.05, 0.1) is 20.0 Å². The van der Waals surface area contributed by atoms with Gasteiger partial charge in [-0.2, -0.15) is 0 Å². The molecule has 0 heterocycles. The van der Waals surface area contributed by atoms with Crippen LogP contribution >= 0.6 is 7.26 Å². The molecular weight excluding hydrogens is 207 g/mol. The van der Waals surface area contributed by atoms with Crippen LogP contribution in [-0.2, 0) is 0 Å². The van der Waals surface area contributed by atoms with Gasteiger partial charge in [-0.05, 0) is 31.9 Å². The third-order valence-electron chi connectivity index (χ3n) is 2.85. The first kappa shape index (κ1) is 12.3. The molecule has 3 heteroatoms. The van der Waals surface area contributed by atoms with Crippen LogP contribution in [0.3, 0.4) is 0 Å². The molecule has 0 unspecified atom stereocenters. The van der Waals surface area contributed by atoms with E-state index in [-0.39, 0.29) is 5.75 Å². The molecular formula is C12H19O2P. The van der Waals surface area contributed by atoms with Crippen LogP contribution < -0.4 is 10.4 Å². The molecule has 0 fully saturated rings. The summed E-state index contributed by atoms with van der Waals surface area (Å²) < 4.78 is 0. The van der Waals surface area contributed by atoms with E-state index in [2.05, 4.69) is 20.0 Å². The van der Waals surface area contributed by atoms with Crippen molar-refractivity contribution in [3.05, 3.63) is 16.7 Å². The fourth-order valence-electron chi connectivity index (χ4n) is 1.91. The average Bonchev–Trinajstić information content (AvgIpc) is 2.09. The van der Waals surface area contributed by atoms with E-state index in [1.54, 1.807) is 6.92 Å². The molecule has 0 saturated carbocycles. The second-order valence-electron chi connectivity index (χ2n) is 4.91. The lowest BCUT2D eigenvalue weighted by Crippen LogP contribution is -2.17. The highest BCUT2D eigenvalue weighted by Crippen LogP contribution is 2.51. The SMILES string of the molecule is Cc1c(C)c(O)c([P+](C)(C)C)c(C)c1[O-]. The molecule has 2 nitrogen and oxygen atoms in total. The summed E-state index contributed by atoms with van der Waals surface area (Å²) in [6, 6.07) is 0. The number of hydrogen-bond acceptors (Lipinski definition) is 2. The molecule has 0 amide bonds. The highest BCUT2D eigenvalue weighted by atomic mass is 31.2. The quantitative estimate of drug-likeness (QED) is 0.743. The summed E-state index contributed by atoms with van der Waals surface area (Å²) >= 11 is 0. The van der Waals surface area contributed by atoms with Gasteiger partial charge < -0.3 is 10.2 Å². The van der Waals surface area contributed by atoms with Crippen LogP contribution in [0, 0.1) is 20.8 Å². The fourth-order valence-corrected chi connectivity index (χ4v) is 3.82. The number of phenols is 1. The van der Waals surface area contributed by atoms with E-state index in [4.69, 9.17) is 0 Å². The average molecular weight is 226 g/mol. The van der Waals surface area contributed by atoms with Crippen LogP contribution in [0.25, 0.3) is 0 Å². The molecule has 1 aromatic rings. The van der Waals surface area contributed by atoms with Crippen molar-refractivity contribution in [2.24, 2.45) is 0 Å². The minimum Gasteiger partial charge on any atom is -0.872 e. The van der Waals surface area contributed by atoms with Gasteiger partial charge in [0.2, 0.25) is 0 Å². The van der Waals surface area contributed by atoms with Gasteiger partial charge in [-0.15, -0.1) is 0 Å². The minimum atomic E-state index is -1.37. The Kier molecular flexibility index (Phi) is 3.02. The number of aromatic hydroxyl groups is 1. The number of phenolic OH excluding ortho intramolecular Hbond substituents is 1. The lowest BCUT2D eigenvalue weighted by atomic mass is 10.0. The second-order valence-corrected chi connectivity index (χ2v) is 9.39. The molecule has 15 heavy (non-hydrogen) atoms. The molecule has 84 valence electrons. The predicted molar refractivity (Wildman–Crippen MR) is 66.1 cm³/mol. The topological polar surface area (TPSA) is 43.3 Å². The van der Waals surface area contributed by atoms with Gasteiger partial charge >= 0.3 is 0 Å². The van der Waals surface area contributed by atoms with Crippen LogP contribution in [-0.4, -0.2) is 25.1 Å². The van der Waals surface area contributed by atoms with E-state index < -0.39 is 7.26 Å². The van der Waals surface area contributed by atoms with Gasteiger partial charge in [0.1, 0.15) is 5.30 Å². The van der Waals surface area contributed by atoms with Crippen LogP contribution in [0.2, 0.25) is 0 Å². The van der Waals surface area contributed by atoms with E-state index in [1.807, 2.05) is 13.8 Å². The summed E-state index contributed by atoms with van der Waals surface area (Å²) in [5, 5.41) is 22.9. The van der Waals surface area contributed by atoms with Gasteiger partial charge in [0.15, 0.2) is 5.75 Å². The van der Waals surface area contributed by atoms with Gasteiger partial charge in [-0.25, -0.2) is 0 Å². The Labute approximate surface area is 92.3 Å². The maximum absolute atomic E-state index is 11.9. The Bertz CT molecular complexity index is 374. The molecule has 1 aromatic carbocycles. The zero-order valence-electron chi connectivity index (χ0n) is 10.3. The van der Waals surface area contributed by atoms with Crippen LogP contribution in [0.15, 0.2) is 0 Å². The number of hydrogen-bond donors (Lipinski definition) is 1. The van der Waals surface area contributed by atoms with E-state index in [1.165, 1.54) is 0 Å². The van der Waals surface area contributed by atoms with Gasteiger partial charge in [0.25, 0.3) is 0 Å². The van der Waals surface area contributed by atoms with E-state index in [0.717, 1.165) is 16.4 Å². The summed E-state index contributed by atoms with van der Waals surface area (Å²) in [5.74, 6) is 0.403.